The average molecular weight is 296 g/mol. The summed E-state index contributed by atoms with van der Waals surface area (Å²) in [6.07, 6.45) is 2.51. The van der Waals surface area contributed by atoms with Crippen molar-refractivity contribution in [3.8, 4) is 5.75 Å². The number of carbonyl (C=O) groups excluding carboxylic acids is 1. The van der Waals surface area contributed by atoms with Crippen molar-refractivity contribution >= 4 is 5.91 Å². The van der Waals surface area contributed by atoms with Crippen LogP contribution < -0.4 is 10.5 Å². The number of rotatable bonds is 8. The lowest BCUT2D eigenvalue weighted by atomic mass is 10.0. The Bertz CT molecular complexity index is 464. The van der Waals surface area contributed by atoms with E-state index in [1.807, 2.05) is 13.0 Å². The third-order valence-electron chi connectivity index (χ3n) is 3.26. The first-order valence-corrected chi connectivity index (χ1v) is 7.30. The van der Waals surface area contributed by atoms with Gasteiger partial charge in [0, 0.05) is 32.6 Å². The number of benzene rings is 1. The third kappa shape index (κ3) is 6.58. The predicted octanol–water partition coefficient (Wildman–Crippen LogP) is 2.35. The van der Waals surface area contributed by atoms with Crippen molar-refractivity contribution in [1.29, 1.82) is 0 Å². The van der Waals surface area contributed by atoms with Gasteiger partial charge in [0.2, 0.25) is 5.91 Å². The second-order valence-corrected chi connectivity index (χ2v) is 5.41. The molecule has 1 atom stereocenters. The summed E-state index contributed by atoms with van der Waals surface area (Å²) in [6, 6.07) is 4.68. The van der Waals surface area contributed by atoms with Gasteiger partial charge in [-0.15, -0.1) is 0 Å². The minimum atomic E-state index is -0.324. The van der Waals surface area contributed by atoms with Gasteiger partial charge >= 0.3 is 0 Å². The molecule has 0 aliphatic heterocycles. The standard InChI is InChI=1S/C16H25FN2O2/c1-4-14(18)9-12-8-13(17)11-15(10-12)21-7-5-6-16(20)19(2)3/h8,10-11,14H,4-7,9,18H2,1-3H3. The molecule has 0 saturated heterocycles. The molecule has 5 heteroatoms. The summed E-state index contributed by atoms with van der Waals surface area (Å²) in [6.45, 7) is 2.39. The number of carbonyl (C=O) groups is 1. The Morgan fingerprint density at radius 3 is 2.71 bits per heavy atom. The molecule has 0 radical (unpaired) electrons. The van der Waals surface area contributed by atoms with Crippen molar-refractivity contribution in [1.82, 2.24) is 4.90 Å². The number of nitrogens with two attached hydrogens (primary N) is 1. The highest BCUT2D eigenvalue weighted by Gasteiger charge is 2.07. The lowest BCUT2D eigenvalue weighted by Gasteiger charge is -2.12. The summed E-state index contributed by atoms with van der Waals surface area (Å²) >= 11 is 0. The zero-order valence-electron chi connectivity index (χ0n) is 13.1. The Balaban J connectivity index is 2.49. The molecule has 0 spiro atoms. The number of nitrogens with zero attached hydrogens (tertiary/aromatic N) is 1. The second-order valence-electron chi connectivity index (χ2n) is 5.41. The molecule has 1 rings (SSSR count). The Hall–Kier alpha value is -1.62. The van der Waals surface area contributed by atoms with Gasteiger partial charge in [-0.2, -0.15) is 0 Å². The summed E-state index contributed by atoms with van der Waals surface area (Å²) in [4.78, 5) is 13.0. The van der Waals surface area contributed by atoms with E-state index in [0.717, 1.165) is 12.0 Å². The number of amides is 1. The predicted molar refractivity (Wildman–Crippen MR) is 81.8 cm³/mol. The van der Waals surface area contributed by atoms with Gasteiger partial charge in [-0.25, -0.2) is 4.39 Å². The average Bonchev–Trinajstić information content (AvgIpc) is 2.42. The first-order chi connectivity index (χ1) is 9.92. The van der Waals surface area contributed by atoms with Crippen LogP contribution in [0.25, 0.3) is 0 Å². The maximum absolute atomic E-state index is 13.5. The van der Waals surface area contributed by atoms with Gasteiger partial charge in [0.05, 0.1) is 6.61 Å². The number of halogens is 1. The summed E-state index contributed by atoms with van der Waals surface area (Å²) < 4.78 is 19.1. The molecular formula is C16H25FN2O2. The Kier molecular flexibility index (Phi) is 7.15. The van der Waals surface area contributed by atoms with Crippen LogP contribution in [0.2, 0.25) is 0 Å². The smallest absolute Gasteiger partial charge is 0.222 e. The normalized spacial score (nSPS) is 12.0. The molecule has 1 aromatic rings. The topological polar surface area (TPSA) is 55.6 Å². The SMILES string of the molecule is CCC(N)Cc1cc(F)cc(OCCCC(=O)N(C)C)c1. The monoisotopic (exact) mass is 296 g/mol. The van der Waals surface area contributed by atoms with Crippen molar-refractivity contribution in [2.45, 2.75) is 38.6 Å². The largest absolute Gasteiger partial charge is 0.493 e. The van der Waals surface area contributed by atoms with E-state index >= 15 is 0 Å². The zero-order valence-corrected chi connectivity index (χ0v) is 13.1. The van der Waals surface area contributed by atoms with E-state index in [1.54, 1.807) is 19.0 Å². The fourth-order valence-corrected chi connectivity index (χ4v) is 1.91. The summed E-state index contributed by atoms with van der Waals surface area (Å²) in [7, 11) is 3.44. The Labute approximate surface area is 126 Å². The number of hydrogen-bond acceptors (Lipinski definition) is 3. The molecule has 0 saturated carbocycles. The van der Waals surface area contributed by atoms with Crippen molar-refractivity contribution in [3.63, 3.8) is 0 Å². The van der Waals surface area contributed by atoms with E-state index in [-0.39, 0.29) is 17.8 Å². The lowest BCUT2D eigenvalue weighted by Crippen LogP contribution is -2.22. The van der Waals surface area contributed by atoms with E-state index in [2.05, 4.69) is 0 Å². The molecule has 0 heterocycles. The molecular weight excluding hydrogens is 271 g/mol. The fraction of sp³-hybridized carbons (Fsp3) is 0.562. The molecule has 118 valence electrons. The van der Waals surface area contributed by atoms with E-state index in [1.165, 1.54) is 12.1 Å². The summed E-state index contributed by atoms with van der Waals surface area (Å²) in [5.41, 5.74) is 6.72. The van der Waals surface area contributed by atoms with E-state index < -0.39 is 0 Å². The van der Waals surface area contributed by atoms with Crippen LogP contribution in [0.15, 0.2) is 18.2 Å². The van der Waals surface area contributed by atoms with E-state index in [0.29, 0.717) is 31.6 Å². The molecule has 0 aliphatic carbocycles. The van der Waals surface area contributed by atoms with Crippen molar-refractivity contribution in [2.75, 3.05) is 20.7 Å². The highest BCUT2D eigenvalue weighted by molar-refractivity contribution is 5.75. The minimum Gasteiger partial charge on any atom is -0.493 e. The van der Waals surface area contributed by atoms with Gasteiger partial charge in [-0.05, 0) is 37.0 Å². The highest BCUT2D eigenvalue weighted by Crippen LogP contribution is 2.18. The fourth-order valence-electron chi connectivity index (χ4n) is 1.91. The van der Waals surface area contributed by atoms with Crippen LogP contribution in [0.5, 0.6) is 5.75 Å². The molecule has 0 aliphatic rings. The molecule has 0 aromatic heterocycles. The van der Waals surface area contributed by atoms with Crippen LogP contribution in [0, 0.1) is 5.82 Å². The van der Waals surface area contributed by atoms with Crippen molar-refractivity contribution in [3.05, 3.63) is 29.6 Å². The molecule has 2 N–H and O–H groups in total. The lowest BCUT2D eigenvalue weighted by molar-refractivity contribution is -0.128. The first kappa shape index (κ1) is 17.4. The Morgan fingerprint density at radius 1 is 1.38 bits per heavy atom. The first-order valence-electron chi connectivity index (χ1n) is 7.30. The number of ether oxygens (including phenoxy) is 1. The molecule has 0 bridgehead atoms. The van der Waals surface area contributed by atoms with Crippen LogP contribution in [0.1, 0.15) is 31.7 Å². The van der Waals surface area contributed by atoms with Crippen molar-refractivity contribution in [2.24, 2.45) is 5.73 Å². The van der Waals surface area contributed by atoms with Crippen LogP contribution >= 0.6 is 0 Å². The summed E-state index contributed by atoms with van der Waals surface area (Å²) in [5.74, 6) is 0.230. The maximum atomic E-state index is 13.5. The minimum absolute atomic E-state index is 0.0253. The highest BCUT2D eigenvalue weighted by atomic mass is 19.1. The van der Waals surface area contributed by atoms with Crippen LogP contribution in [-0.4, -0.2) is 37.6 Å². The molecule has 1 amide bonds. The van der Waals surface area contributed by atoms with Crippen LogP contribution in [0.4, 0.5) is 4.39 Å². The van der Waals surface area contributed by atoms with Gasteiger partial charge in [-0.1, -0.05) is 6.92 Å². The second kappa shape index (κ2) is 8.62. The molecule has 1 aromatic carbocycles. The molecule has 0 fully saturated rings. The van der Waals surface area contributed by atoms with Crippen LogP contribution in [-0.2, 0) is 11.2 Å². The van der Waals surface area contributed by atoms with E-state index in [9.17, 15) is 9.18 Å². The summed E-state index contributed by atoms with van der Waals surface area (Å²) in [5, 5.41) is 0. The molecule has 21 heavy (non-hydrogen) atoms. The van der Waals surface area contributed by atoms with Gasteiger partial charge in [-0.3, -0.25) is 4.79 Å². The molecule has 1 unspecified atom stereocenters. The van der Waals surface area contributed by atoms with Gasteiger partial charge in [0.25, 0.3) is 0 Å². The van der Waals surface area contributed by atoms with E-state index in [4.69, 9.17) is 10.5 Å². The molecule has 4 nitrogen and oxygen atoms in total. The zero-order chi connectivity index (χ0) is 15.8. The Morgan fingerprint density at radius 2 is 2.10 bits per heavy atom. The number of hydrogen-bond donors (Lipinski definition) is 1. The van der Waals surface area contributed by atoms with Gasteiger partial charge in [0.15, 0.2) is 0 Å². The van der Waals surface area contributed by atoms with Gasteiger partial charge in [0.1, 0.15) is 11.6 Å². The van der Waals surface area contributed by atoms with Crippen LogP contribution in [0.3, 0.4) is 0 Å². The third-order valence-corrected chi connectivity index (χ3v) is 3.26. The van der Waals surface area contributed by atoms with Gasteiger partial charge < -0.3 is 15.4 Å². The maximum Gasteiger partial charge on any atom is 0.222 e. The van der Waals surface area contributed by atoms with Crippen molar-refractivity contribution < 1.29 is 13.9 Å². The quantitative estimate of drug-likeness (QED) is 0.749.